The van der Waals surface area contributed by atoms with Crippen LogP contribution in [0.2, 0.25) is 0 Å². The Kier molecular flexibility index (Phi) is 6.33. The molecule has 2 atom stereocenters. The smallest absolute Gasteiger partial charge is 0.410 e. The molecule has 1 fully saturated rings. The van der Waals surface area contributed by atoms with E-state index in [-0.39, 0.29) is 25.5 Å². The van der Waals surface area contributed by atoms with Gasteiger partial charge in [0.1, 0.15) is 12.6 Å². The molecular weight excluding hydrogens is 459 g/mol. The molecule has 1 aliphatic heterocycles. The van der Waals surface area contributed by atoms with Gasteiger partial charge in [0.25, 0.3) is 0 Å². The highest BCUT2D eigenvalue weighted by atomic mass is 127. The SMILES string of the molecule is Cc1cc(I)ccc1NC(=O)[C@H]1C[C@@H](O)CN1C(=O)OCc1ccccc1. The lowest BCUT2D eigenvalue weighted by molar-refractivity contribution is -0.120. The van der Waals surface area contributed by atoms with E-state index >= 15 is 0 Å². The summed E-state index contributed by atoms with van der Waals surface area (Å²) in [6.45, 7) is 2.11. The van der Waals surface area contributed by atoms with Gasteiger partial charge in [-0.1, -0.05) is 30.3 Å². The average molecular weight is 480 g/mol. The highest BCUT2D eigenvalue weighted by molar-refractivity contribution is 14.1. The van der Waals surface area contributed by atoms with Crippen molar-refractivity contribution in [2.45, 2.75) is 32.1 Å². The number of aliphatic hydroxyl groups excluding tert-OH is 1. The fourth-order valence-electron chi connectivity index (χ4n) is 3.05. The van der Waals surface area contributed by atoms with Crippen molar-refractivity contribution in [1.29, 1.82) is 0 Å². The predicted octanol–water partition coefficient (Wildman–Crippen LogP) is 3.31. The zero-order valence-electron chi connectivity index (χ0n) is 14.9. The number of nitrogens with one attached hydrogen (secondary N) is 1. The maximum absolute atomic E-state index is 12.7. The molecule has 0 aromatic heterocycles. The minimum absolute atomic E-state index is 0.0807. The van der Waals surface area contributed by atoms with E-state index in [0.717, 1.165) is 14.7 Å². The largest absolute Gasteiger partial charge is 0.445 e. The lowest BCUT2D eigenvalue weighted by Crippen LogP contribution is -2.43. The Morgan fingerprint density at radius 2 is 2.00 bits per heavy atom. The zero-order valence-corrected chi connectivity index (χ0v) is 17.0. The summed E-state index contributed by atoms with van der Waals surface area (Å²) in [5.74, 6) is -0.326. The second-order valence-corrected chi connectivity index (χ2v) is 7.79. The molecule has 0 saturated carbocycles. The van der Waals surface area contributed by atoms with Gasteiger partial charge in [-0.3, -0.25) is 9.69 Å². The molecule has 7 heteroatoms. The van der Waals surface area contributed by atoms with Gasteiger partial charge < -0.3 is 15.2 Å². The number of rotatable bonds is 4. The molecule has 6 nitrogen and oxygen atoms in total. The standard InChI is InChI=1S/C20H21IN2O4/c1-13-9-15(21)7-8-17(13)22-19(25)18-10-16(24)11-23(18)20(26)27-12-14-5-3-2-4-6-14/h2-9,16,18,24H,10-12H2,1H3,(H,22,25)/t16-,18-/m1/s1. The van der Waals surface area contributed by atoms with E-state index in [1.165, 1.54) is 4.90 Å². The van der Waals surface area contributed by atoms with Gasteiger partial charge in [-0.25, -0.2) is 4.79 Å². The number of hydrogen-bond acceptors (Lipinski definition) is 4. The Hall–Kier alpha value is -2.13. The average Bonchev–Trinajstić information content (AvgIpc) is 3.05. The Morgan fingerprint density at radius 1 is 1.26 bits per heavy atom. The number of carbonyl (C=O) groups is 2. The van der Waals surface area contributed by atoms with E-state index in [2.05, 4.69) is 27.9 Å². The van der Waals surface area contributed by atoms with Gasteiger partial charge in [0.2, 0.25) is 5.91 Å². The van der Waals surface area contributed by atoms with Gasteiger partial charge in [-0.05, 0) is 58.8 Å². The molecule has 142 valence electrons. The van der Waals surface area contributed by atoms with E-state index in [4.69, 9.17) is 4.74 Å². The van der Waals surface area contributed by atoms with Crippen molar-refractivity contribution in [3.8, 4) is 0 Å². The summed E-state index contributed by atoms with van der Waals surface area (Å²) in [5, 5.41) is 12.8. The first-order valence-electron chi connectivity index (χ1n) is 8.66. The molecule has 2 aromatic carbocycles. The van der Waals surface area contributed by atoms with Crippen LogP contribution in [0.3, 0.4) is 0 Å². The number of ether oxygens (including phenoxy) is 1. The van der Waals surface area contributed by atoms with Gasteiger partial charge in [0, 0.05) is 15.7 Å². The van der Waals surface area contributed by atoms with Crippen molar-refractivity contribution in [1.82, 2.24) is 4.90 Å². The second-order valence-electron chi connectivity index (χ2n) is 6.55. The number of likely N-dealkylation sites (tertiary alicyclic amines) is 1. The quantitative estimate of drug-likeness (QED) is 0.659. The summed E-state index contributed by atoms with van der Waals surface area (Å²) in [7, 11) is 0. The third-order valence-electron chi connectivity index (χ3n) is 4.47. The van der Waals surface area contributed by atoms with Gasteiger partial charge in [0.15, 0.2) is 0 Å². The van der Waals surface area contributed by atoms with Crippen LogP contribution in [0.25, 0.3) is 0 Å². The number of anilines is 1. The molecule has 1 saturated heterocycles. The van der Waals surface area contributed by atoms with E-state index < -0.39 is 18.2 Å². The molecule has 0 bridgehead atoms. The van der Waals surface area contributed by atoms with Gasteiger partial charge in [-0.2, -0.15) is 0 Å². The molecule has 2 N–H and O–H groups in total. The van der Waals surface area contributed by atoms with Crippen LogP contribution in [0.4, 0.5) is 10.5 Å². The van der Waals surface area contributed by atoms with Crippen molar-refractivity contribution in [3.05, 3.63) is 63.2 Å². The van der Waals surface area contributed by atoms with Crippen LogP contribution >= 0.6 is 22.6 Å². The lowest BCUT2D eigenvalue weighted by Gasteiger charge is -2.23. The zero-order chi connectivity index (χ0) is 19.4. The molecule has 2 amide bonds. The van der Waals surface area contributed by atoms with E-state index in [0.29, 0.717) is 5.69 Å². The van der Waals surface area contributed by atoms with Gasteiger partial charge in [-0.15, -0.1) is 0 Å². The van der Waals surface area contributed by atoms with Crippen LogP contribution < -0.4 is 5.32 Å². The third kappa shape index (κ3) is 4.98. The number of halogens is 1. The molecule has 1 heterocycles. The fourth-order valence-corrected chi connectivity index (χ4v) is 3.70. The number of aliphatic hydroxyl groups is 1. The first-order valence-corrected chi connectivity index (χ1v) is 9.74. The second kappa shape index (κ2) is 8.71. The third-order valence-corrected chi connectivity index (χ3v) is 5.14. The molecule has 0 aliphatic carbocycles. The summed E-state index contributed by atoms with van der Waals surface area (Å²) in [5.41, 5.74) is 2.49. The topological polar surface area (TPSA) is 78.9 Å². The van der Waals surface area contributed by atoms with Crippen LogP contribution in [0, 0.1) is 10.5 Å². The minimum atomic E-state index is -0.762. The molecule has 0 spiro atoms. The maximum Gasteiger partial charge on any atom is 0.410 e. The number of hydrogen-bond donors (Lipinski definition) is 2. The summed E-state index contributed by atoms with van der Waals surface area (Å²) >= 11 is 2.21. The monoisotopic (exact) mass is 480 g/mol. The normalized spacial score (nSPS) is 19.0. The number of aryl methyl sites for hydroxylation is 1. The first-order chi connectivity index (χ1) is 12.9. The predicted molar refractivity (Wildman–Crippen MR) is 110 cm³/mol. The van der Waals surface area contributed by atoms with Gasteiger partial charge >= 0.3 is 6.09 Å². The molecule has 0 unspecified atom stereocenters. The Balaban J connectivity index is 1.65. The van der Waals surface area contributed by atoms with Crippen molar-refractivity contribution in [2.75, 3.05) is 11.9 Å². The van der Waals surface area contributed by atoms with Crippen molar-refractivity contribution in [2.24, 2.45) is 0 Å². The molecule has 1 aliphatic rings. The maximum atomic E-state index is 12.7. The highest BCUT2D eigenvalue weighted by Crippen LogP contribution is 2.23. The number of β-amino-alcohol motifs (C(OH)–C–C–N with tert-alkyl or cyclic N) is 1. The van der Waals surface area contributed by atoms with Crippen molar-refractivity contribution >= 4 is 40.3 Å². The van der Waals surface area contributed by atoms with Crippen LogP contribution in [-0.4, -0.2) is 40.7 Å². The van der Waals surface area contributed by atoms with E-state index in [9.17, 15) is 14.7 Å². The van der Waals surface area contributed by atoms with Crippen molar-refractivity contribution < 1.29 is 19.4 Å². The Morgan fingerprint density at radius 3 is 2.70 bits per heavy atom. The fraction of sp³-hybridized carbons (Fsp3) is 0.300. The van der Waals surface area contributed by atoms with Crippen LogP contribution in [0.15, 0.2) is 48.5 Å². The van der Waals surface area contributed by atoms with Crippen LogP contribution in [0.1, 0.15) is 17.5 Å². The molecular formula is C20H21IN2O4. The summed E-state index contributed by atoms with van der Waals surface area (Å²) < 4.78 is 6.40. The lowest BCUT2D eigenvalue weighted by atomic mass is 10.1. The van der Waals surface area contributed by atoms with E-state index in [1.807, 2.05) is 55.5 Å². The van der Waals surface area contributed by atoms with Crippen LogP contribution in [-0.2, 0) is 16.1 Å². The number of nitrogens with zero attached hydrogens (tertiary/aromatic N) is 1. The van der Waals surface area contributed by atoms with Gasteiger partial charge in [0.05, 0.1) is 12.6 Å². The number of carbonyl (C=O) groups excluding carboxylic acids is 2. The highest BCUT2D eigenvalue weighted by Gasteiger charge is 2.40. The van der Waals surface area contributed by atoms with Crippen LogP contribution in [0.5, 0.6) is 0 Å². The first kappa shape index (κ1) is 19.6. The number of amides is 2. The van der Waals surface area contributed by atoms with Crippen molar-refractivity contribution in [3.63, 3.8) is 0 Å². The summed E-state index contributed by atoms with van der Waals surface area (Å²) in [4.78, 5) is 26.5. The summed E-state index contributed by atoms with van der Waals surface area (Å²) in [6.07, 6.45) is -1.16. The molecule has 2 aromatic rings. The molecule has 27 heavy (non-hydrogen) atoms. The molecule has 0 radical (unpaired) electrons. The number of benzene rings is 2. The minimum Gasteiger partial charge on any atom is -0.445 e. The summed E-state index contributed by atoms with van der Waals surface area (Å²) in [6, 6.07) is 14.3. The Labute approximate surface area is 171 Å². The molecule has 3 rings (SSSR count). The Bertz CT molecular complexity index is 828. The van der Waals surface area contributed by atoms with E-state index in [1.54, 1.807) is 0 Å².